The van der Waals surface area contributed by atoms with E-state index in [9.17, 15) is 14.7 Å². The maximum atomic E-state index is 12.5. The first-order chi connectivity index (χ1) is 8.68. The average Bonchev–Trinajstić information content (AvgIpc) is 2.96. The van der Waals surface area contributed by atoms with E-state index in [1.165, 1.54) is 0 Å². The summed E-state index contributed by atoms with van der Waals surface area (Å²) in [7, 11) is 0. The Bertz CT molecular complexity index is 370. The van der Waals surface area contributed by atoms with Gasteiger partial charge in [0.2, 0.25) is 0 Å². The van der Waals surface area contributed by atoms with Crippen LogP contribution in [0.15, 0.2) is 0 Å². The quantitative estimate of drug-likeness (QED) is 0.775. The molecule has 3 heterocycles. The monoisotopic (exact) mass is 270 g/mol. The number of urea groups is 1. The van der Waals surface area contributed by atoms with Gasteiger partial charge >= 0.3 is 12.0 Å². The molecule has 100 valence electrons. The maximum absolute atomic E-state index is 12.5. The van der Waals surface area contributed by atoms with Crippen molar-refractivity contribution in [1.82, 2.24) is 9.80 Å². The van der Waals surface area contributed by atoms with E-state index in [2.05, 4.69) is 0 Å². The third kappa shape index (κ3) is 1.86. The summed E-state index contributed by atoms with van der Waals surface area (Å²) >= 11 is 1.87. The van der Waals surface area contributed by atoms with Crippen LogP contribution in [0.1, 0.15) is 19.3 Å². The lowest BCUT2D eigenvalue weighted by molar-refractivity contribution is -0.142. The number of fused-ring (bicyclic) bond motifs is 2. The Morgan fingerprint density at radius 2 is 1.89 bits per heavy atom. The molecule has 2 amide bonds. The number of carboxylic acid groups (broad SMARTS) is 1. The summed E-state index contributed by atoms with van der Waals surface area (Å²) in [5.74, 6) is 0.912. The average molecular weight is 270 g/mol. The number of thioether (sulfide) groups is 1. The first-order valence-electron chi connectivity index (χ1n) is 6.56. The summed E-state index contributed by atoms with van der Waals surface area (Å²) in [6, 6.07) is 0.180. The van der Waals surface area contributed by atoms with Gasteiger partial charge in [0.05, 0.1) is 5.92 Å². The molecule has 0 aromatic carbocycles. The van der Waals surface area contributed by atoms with E-state index in [1.807, 2.05) is 21.6 Å². The lowest BCUT2D eigenvalue weighted by Gasteiger charge is -2.33. The molecule has 0 aromatic heterocycles. The van der Waals surface area contributed by atoms with Gasteiger partial charge in [-0.25, -0.2) is 4.79 Å². The van der Waals surface area contributed by atoms with Crippen molar-refractivity contribution in [3.8, 4) is 0 Å². The highest BCUT2D eigenvalue weighted by molar-refractivity contribution is 7.99. The second-order valence-electron chi connectivity index (χ2n) is 5.27. The molecule has 1 N–H and O–H groups in total. The number of nitrogens with zero attached hydrogens (tertiary/aromatic N) is 2. The van der Waals surface area contributed by atoms with Crippen LogP contribution in [0.5, 0.6) is 0 Å². The van der Waals surface area contributed by atoms with E-state index in [0.717, 1.165) is 37.4 Å². The number of aliphatic carboxylic acids is 1. The molecule has 3 unspecified atom stereocenters. The maximum Gasteiger partial charge on any atom is 0.320 e. The highest BCUT2D eigenvalue weighted by atomic mass is 32.2. The molecule has 5 nitrogen and oxygen atoms in total. The van der Waals surface area contributed by atoms with Crippen LogP contribution in [0.3, 0.4) is 0 Å². The second-order valence-corrected chi connectivity index (χ2v) is 6.49. The van der Waals surface area contributed by atoms with Crippen LogP contribution in [0.4, 0.5) is 4.79 Å². The minimum absolute atomic E-state index is 0.0606. The second kappa shape index (κ2) is 4.64. The standard InChI is InChI=1S/C12H18N2O3S/c15-11(16)9-7-8-1-2-10(9)14(8)12(17)13-3-5-18-6-4-13/h8-10H,1-7H2,(H,15,16). The van der Waals surface area contributed by atoms with Crippen LogP contribution in [0.2, 0.25) is 0 Å². The van der Waals surface area contributed by atoms with Gasteiger partial charge in [-0.3, -0.25) is 4.79 Å². The molecule has 3 fully saturated rings. The first-order valence-corrected chi connectivity index (χ1v) is 7.71. The minimum Gasteiger partial charge on any atom is -0.481 e. The fourth-order valence-electron chi connectivity index (χ4n) is 3.47. The number of carbonyl (C=O) groups excluding carboxylic acids is 1. The van der Waals surface area contributed by atoms with Gasteiger partial charge in [0, 0.05) is 36.7 Å². The van der Waals surface area contributed by atoms with Crippen molar-refractivity contribution in [1.29, 1.82) is 0 Å². The van der Waals surface area contributed by atoms with E-state index < -0.39 is 5.97 Å². The summed E-state index contributed by atoms with van der Waals surface area (Å²) in [6.45, 7) is 1.61. The molecule has 0 radical (unpaired) electrons. The van der Waals surface area contributed by atoms with E-state index in [0.29, 0.717) is 6.42 Å². The Balaban J connectivity index is 1.72. The molecule has 0 aromatic rings. The van der Waals surface area contributed by atoms with Gasteiger partial charge in [-0.2, -0.15) is 11.8 Å². The number of amides is 2. The number of hydrogen-bond donors (Lipinski definition) is 1. The van der Waals surface area contributed by atoms with E-state index in [1.54, 1.807) is 0 Å². The third-order valence-electron chi connectivity index (χ3n) is 4.36. The molecule has 0 aliphatic carbocycles. The van der Waals surface area contributed by atoms with Crippen molar-refractivity contribution in [2.45, 2.75) is 31.3 Å². The Morgan fingerprint density at radius 1 is 1.17 bits per heavy atom. The minimum atomic E-state index is -0.741. The molecular formula is C12H18N2O3S. The van der Waals surface area contributed by atoms with Crippen molar-refractivity contribution >= 4 is 23.8 Å². The van der Waals surface area contributed by atoms with Crippen molar-refractivity contribution in [2.24, 2.45) is 5.92 Å². The van der Waals surface area contributed by atoms with Gasteiger partial charge in [0.1, 0.15) is 0 Å². The Labute approximate surface area is 110 Å². The van der Waals surface area contributed by atoms with Crippen LogP contribution >= 0.6 is 11.8 Å². The molecule has 0 saturated carbocycles. The molecule has 18 heavy (non-hydrogen) atoms. The van der Waals surface area contributed by atoms with Crippen LogP contribution < -0.4 is 0 Å². The Morgan fingerprint density at radius 3 is 2.50 bits per heavy atom. The zero-order valence-corrected chi connectivity index (χ0v) is 11.1. The molecule has 2 bridgehead atoms. The zero-order valence-electron chi connectivity index (χ0n) is 10.2. The van der Waals surface area contributed by atoms with E-state index in [-0.39, 0.29) is 24.0 Å². The number of rotatable bonds is 1. The summed E-state index contributed by atoms with van der Waals surface area (Å²) in [5, 5.41) is 9.19. The predicted molar refractivity (Wildman–Crippen MR) is 68.7 cm³/mol. The Hall–Kier alpha value is -0.910. The van der Waals surface area contributed by atoms with Gasteiger partial charge in [-0.15, -0.1) is 0 Å². The molecule has 3 saturated heterocycles. The smallest absolute Gasteiger partial charge is 0.320 e. The predicted octanol–water partition coefficient (Wildman–Crippen LogP) is 1.09. The van der Waals surface area contributed by atoms with Gasteiger partial charge in [0.15, 0.2) is 0 Å². The van der Waals surface area contributed by atoms with E-state index >= 15 is 0 Å². The molecule has 0 spiro atoms. The first kappa shape index (κ1) is 12.1. The van der Waals surface area contributed by atoms with E-state index in [4.69, 9.17) is 0 Å². The summed E-state index contributed by atoms with van der Waals surface area (Å²) in [5.41, 5.74) is 0. The summed E-state index contributed by atoms with van der Waals surface area (Å²) in [4.78, 5) is 27.4. The number of hydrogen-bond acceptors (Lipinski definition) is 3. The van der Waals surface area contributed by atoms with Crippen LogP contribution in [0.25, 0.3) is 0 Å². The normalized spacial score (nSPS) is 35.0. The fraction of sp³-hybridized carbons (Fsp3) is 0.833. The molecule has 6 heteroatoms. The SMILES string of the molecule is O=C(O)C1CC2CCC1N2C(=O)N1CCSCC1. The molecule has 3 aliphatic rings. The van der Waals surface area contributed by atoms with Gasteiger partial charge in [0.25, 0.3) is 0 Å². The van der Waals surface area contributed by atoms with Crippen molar-refractivity contribution in [3.05, 3.63) is 0 Å². The lowest BCUT2D eigenvalue weighted by Crippen LogP contribution is -2.49. The molecular weight excluding hydrogens is 252 g/mol. The van der Waals surface area contributed by atoms with Crippen LogP contribution in [-0.4, -0.2) is 63.6 Å². The molecule has 3 aliphatic heterocycles. The Kier molecular flexibility index (Phi) is 3.13. The molecule has 3 atom stereocenters. The van der Waals surface area contributed by atoms with Gasteiger partial charge in [-0.05, 0) is 19.3 Å². The number of carbonyl (C=O) groups is 2. The summed E-state index contributed by atoms with van der Waals surface area (Å²) < 4.78 is 0. The number of carboxylic acids is 1. The largest absolute Gasteiger partial charge is 0.481 e. The zero-order chi connectivity index (χ0) is 12.7. The van der Waals surface area contributed by atoms with Crippen molar-refractivity contribution in [3.63, 3.8) is 0 Å². The highest BCUT2D eigenvalue weighted by Gasteiger charge is 2.52. The van der Waals surface area contributed by atoms with Gasteiger partial charge < -0.3 is 14.9 Å². The topological polar surface area (TPSA) is 60.9 Å². The van der Waals surface area contributed by atoms with Gasteiger partial charge in [-0.1, -0.05) is 0 Å². The van der Waals surface area contributed by atoms with Crippen molar-refractivity contribution < 1.29 is 14.7 Å². The summed E-state index contributed by atoms with van der Waals surface area (Å²) in [6.07, 6.45) is 2.48. The van der Waals surface area contributed by atoms with Crippen LogP contribution in [0, 0.1) is 5.92 Å². The van der Waals surface area contributed by atoms with Crippen molar-refractivity contribution in [2.75, 3.05) is 24.6 Å². The van der Waals surface area contributed by atoms with Crippen LogP contribution in [-0.2, 0) is 4.79 Å². The third-order valence-corrected chi connectivity index (χ3v) is 5.30. The molecule has 3 rings (SSSR count). The fourth-order valence-corrected chi connectivity index (χ4v) is 4.37. The highest BCUT2D eigenvalue weighted by Crippen LogP contribution is 2.42. The lowest BCUT2D eigenvalue weighted by atomic mass is 9.89.